The van der Waals surface area contributed by atoms with Gasteiger partial charge in [0.25, 0.3) is 0 Å². The van der Waals surface area contributed by atoms with Crippen molar-refractivity contribution in [2.45, 2.75) is 77.7 Å². The van der Waals surface area contributed by atoms with Crippen LogP contribution in [0.3, 0.4) is 0 Å². The third kappa shape index (κ3) is 1.84. The summed E-state index contributed by atoms with van der Waals surface area (Å²) in [7, 11) is 0. The third-order valence-corrected chi connectivity index (χ3v) is 8.35. The van der Waals surface area contributed by atoms with E-state index in [0.29, 0.717) is 17.1 Å². The van der Waals surface area contributed by atoms with E-state index in [2.05, 4.69) is 13.8 Å². The highest BCUT2D eigenvalue weighted by Gasteiger charge is 2.60. The highest BCUT2D eigenvalue weighted by molar-refractivity contribution is 5.87. The van der Waals surface area contributed by atoms with Crippen molar-refractivity contribution < 1.29 is 9.90 Å². The molecule has 4 aliphatic rings. The van der Waals surface area contributed by atoms with E-state index in [9.17, 15) is 9.90 Å². The first-order valence-corrected chi connectivity index (χ1v) is 9.16. The molecule has 0 aromatic carbocycles. The number of hydrogen-bond acceptors (Lipinski definition) is 2. The van der Waals surface area contributed by atoms with Gasteiger partial charge in [-0.1, -0.05) is 13.8 Å². The van der Waals surface area contributed by atoms with Gasteiger partial charge < -0.3 is 5.11 Å². The van der Waals surface area contributed by atoms with Gasteiger partial charge in [0.2, 0.25) is 0 Å². The van der Waals surface area contributed by atoms with Gasteiger partial charge in [0.15, 0.2) is 0 Å². The summed E-state index contributed by atoms with van der Waals surface area (Å²) in [6.45, 7) is 4.78. The average molecular weight is 290 g/mol. The van der Waals surface area contributed by atoms with Gasteiger partial charge in [-0.25, -0.2) is 0 Å². The van der Waals surface area contributed by atoms with Crippen LogP contribution in [-0.4, -0.2) is 17.0 Å². The number of aliphatic hydroxyl groups is 1. The van der Waals surface area contributed by atoms with Crippen LogP contribution in [0.1, 0.15) is 71.6 Å². The van der Waals surface area contributed by atoms with E-state index in [1.165, 1.54) is 25.7 Å². The molecule has 4 rings (SSSR count). The molecule has 7 atom stereocenters. The Morgan fingerprint density at radius 1 is 1.00 bits per heavy atom. The second-order valence-electron chi connectivity index (χ2n) is 9.00. The second kappa shape index (κ2) is 4.57. The predicted molar refractivity (Wildman–Crippen MR) is 82.7 cm³/mol. The topological polar surface area (TPSA) is 37.3 Å². The van der Waals surface area contributed by atoms with Crippen LogP contribution in [0.25, 0.3) is 0 Å². The lowest BCUT2D eigenvalue weighted by atomic mass is 9.45. The molecule has 4 saturated carbocycles. The molecule has 0 aromatic rings. The molecule has 118 valence electrons. The van der Waals surface area contributed by atoms with Crippen molar-refractivity contribution in [3.63, 3.8) is 0 Å². The van der Waals surface area contributed by atoms with E-state index in [1.807, 2.05) is 0 Å². The molecule has 21 heavy (non-hydrogen) atoms. The van der Waals surface area contributed by atoms with Crippen LogP contribution in [0.5, 0.6) is 0 Å². The van der Waals surface area contributed by atoms with Gasteiger partial charge in [-0.2, -0.15) is 0 Å². The maximum absolute atomic E-state index is 12.4. The third-order valence-electron chi connectivity index (χ3n) is 8.35. The first-order chi connectivity index (χ1) is 9.95. The largest absolute Gasteiger partial charge is 0.393 e. The minimum atomic E-state index is -0.0541. The zero-order valence-electron chi connectivity index (χ0n) is 13.6. The van der Waals surface area contributed by atoms with Crippen molar-refractivity contribution in [3.05, 3.63) is 0 Å². The van der Waals surface area contributed by atoms with Crippen molar-refractivity contribution in [1.82, 2.24) is 0 Å². The fourth-order valence-corrected chi connectivity index (χ4v) is 7.01. The van der Waals surface area contributed by atoms with Crippen LogP contribution >= 0.6 is 0 Å². The van der Waals surface area contributed by atoms with Gasteiger partial charge in [-0.3, -0.25) is 4.79 Å². The SMILES string of the molecule is C[C@@]12CC[C@@H](O)C[C@H]1CC[C@H]1[C@H]2CC[C@]2(C)C(=O)CC[C@H]12. The molecule has 0 spiro atoms. The Morgan fingerprint density at radius 2 is 1.81 bits per heavy atom. The van der Waals surface area contributed by atoms with Gasteiger partial charge >= 0.3 is 0 Å². The van der Waals surface area contributed by atoms with Crippen molar-refractivity contribution >= 4 is 5.78 Å². The molecule has 0 bridgehead atoms. The summed E-state index contributed by atoms with van der Waals surface area (Å²) < 4.78 is 0. The van der Waals surface area contributed by atoms with Gasteiger partial charge in [0.05, 0.1) is 6.10 Å². The van der Waals surface area contributed by atoms with Gasteiger partial charge in [0, 0.05) is 11.8 Å². The lowest BCUT2D eigenvalue weighted by Crippen LogP contribution is -2.54. The maximum Gasteiger partial charge on any atom is 0.139 e. The van der Waals surface area contributed by atoms with E-state index >= 15 is 0 Å². The summed E-state index contributed by atoms with van der Waals surface area (Å²) in [5.74, 6) is 3.54. The smallest absolute Gasteiger partial charge is 0.139 e. The molecule has 0 aromatic heterocycles. The normalized spacial score (nSPS) is 56.5. The summed E-state index contributed by atoms with van der Waals surface area (Å²) in [6.07, 6.45) is 10.1. The molecule has 0 radical (unpaired) electrons. The van der Waals surface area contributed by atoms with Crippen LogP contribution in [0, 0.1) is 34.5 Å². The Kier molecular flexibility index (Phi) is 3.10. The Hall–Kier alpha value is -0.370. The summed E-state index contributed by atoms with van der Waals surface area (Å²) in [5, 5.41) is 10.0. The van der Waals surface area contributed by atoms with E-state index in [1.54, 1.807) is 0 Å². The molecule has 2 nitrogen and oxygen atoms in total. The van der Waals surface area contributed by atoms with Crippen molar-refractivity contribution in [2.75, 3.05) is 0 Å². The summed E-state index contributed by atoms with van der Waals surface area (Å²) in [5.41, 5.74) is 0.452. The zero-order valence-corrected chi connectivity index (χ0v) is 13.6. The Balaban J connectivity index is 1.64. The molecule has 2 heteroatoms. The van der Waals surface area contributed by atoms with Crippen LogP contribution in [0.2, 0.25) is 0 Å². The molecular weight excluding hydrogens is 260 g/mol. The quantitative estimate of drug-likeness (QED) is 0.733. The molecule has 1 N–H and O–H groups in total. The maximum atomic E-state index is 12.4. The van der Waals surface area contributed by atoms with E-state index < -0.39 is 0 Å². The molecule has 4 aliphatic carbocycles. The van der Waals surface area contributed by atoms with Crippen molar-refractivity contribution in [2.24, 2.45) is 34.5 Å². The van der Waals surface area contributed by atoms with E-state index in [0.717, 1.165) is 49.9 Å². The monoisotopic (exact) mass is 290 g/mol. The minimum absolute atomic E-state index is 0.0124. The predicted octanol–water partition coefficient (Wildman–Crippen LogP) is 3.96. The second-order valence-corrected chi connectivity index (χ2v) is 9.00. The molecule has 0 amide bonds. The van der Waals surface area contributed by atoms with Gasteiger partial charge in [-0.05, 0) is 80.5 Å². The van der Waals surface area contributed by atoms with Gasteiger partial charge in [-0.15, -0.1) is 0 Å². The highest BCUT2D eigenvalue weighted by atomic mass is 16.3. The highest BCUT2D eigenvalue weighted by Crippen LogP contribution is 2.65. The molecule has 0 heterocycles. The van der Waals surface area contributed by atoms with Crippen molar-refractivity contribution in [3.8, 4) is 0 Å². The number of carbonyl (C=O) groups excluding carboxylic acids is 1. The summed E-state index contributed by atoms with van der Waals surface area (Å²) in [6, 6.07) is 0. The summed E-state index contributed by atoms with van der Waals surface area (Å²) >= 11 is 0. The van der Waals surface area contributed by atoms with E-state index in [-0.39, 0.29) is 11.5 Å². The zero-order chi connectivity index (χ0) is 14.8. The van der Waals surface area contributed by atoms with Crippen LogP contribution in [-0.2, 0) is 4.79 Å². The van der Waals surface area contributed by atoms with Crippen LogP contribution < -0.4 is 0 Å². The number of Topliss-reactive ketones (excluding diaryl/α,β-unsaturated/α-hetero) is 1. The van der Waals surface area contributed by atoms with E-state index in [4.69, 9.17) is 0 Å². The number of carbonyl (C=O) groups is 1. The Morgan fingerprint density at radius 3 is 2.62 bits per heavy atom. The lowest BCUT2D eigenvalue weighted by Gasteiger charge is -2.60. The average Bonchev–Trinajstić information content (AvgIpc) is 2.76. The minimum Gasteiger partial charge on any atom is -0.393 e. The molecule has 0 unspecified atom stereocenters. The standard InChI is InChI=1S/C19H30O2/c1-18-9-7-13(20)11-12(18)3-4-14-15-5-6-17(21)19(15,2)10-8-16(14)18/h12-16,20H,3-11H2,1-2H3/t12-,13-,14-,15-,16-,18-,19+/m1/s1. The summed E-state index contributed by atoms with van der Waals surface area (Å²) in [4.78, 5) is 12.4. The molecule has 0 aliphatic heterocycles. The Labute approximate surface area is 128 Å². The first-order valence-electron chi connectivity index (χ1n) is 9.16. The number of fused-ring (bicyclic) bond motifs is 5. The number of rotatable bonds is 0. The lowest BCUT2D eigenvalue weighted by molar-refractivity contribution is -0.142. The van der Waals surface area contributed by atoms with Crippen molar-refractivity contribution in [1.29, 1.82) is 0 Å². The number of hydrogen-bond donors (Lipinski definition) is 1. The van der Waals surface area contributed by atoms with Gasteiger partial charge in [0.1, 0.15) is 5.78 Å². The van der Waals surface area contributed by atoms with Crippen LogP contribution in [0.15, 0.2) is 0 Å². The van der Waals surface area contributed by atoms with Crippen LogP contribution in [0.4, 0.5) is 0 Å². The molecule has 4 fully saturated rings. The molecular formula is C19H30O2. The fourth-order valence-electron chi connectivity index (χ4n) is 7.01. The Bertz CT molecular complexity index is 458. The molecule has 0 saturated heterocycles. The fraction of sp³-hybridized carbons (Fsp3) is 0.947. The number of aliphatic hydroxyl groups excluding tert-OH is 1. The number of ketones is 1. The first kappa shape index (κ1) is 14.2.